The minimum Gasteiger partial charge on any atom is -0.454 e. The summed E-state index contributed by atoms with van der Waals surface area (Å²) in [7, 11) is 0. The lowest BCUT2D eigenvalue weighted by Crippen LogP contribution is -2.35. The van der Waals surface area contributed by atoms with Gasteiger partial charge in [-0.1, -0.05) is 30.8 Å². The van der Waals surface area contributed by atoms with Crippen LogP contribution in [0, 0.1) is 0 Å². The van der Waals surface area contributed by atoms with Crippen LogP contribution in [0.2, 0.25) is 0 Å². The molecule has 4 heterocycles. The molecule has 1 saturated heterocycles. The van der Waals surface area contributed by atoms with Crippen molar-refractivity contribution in [2.75, 3.05) is 12.5 Å². The maximum Gasteiger partial charge on any atom is 0.231 e. The van der Waals surface area contributed by atoms with E-state index >= 15 is 0 Å². The molecule has 0 saturated carbocycles. The first-order valence-electron chi connectivity index (χ1n) is 8.64. The van der Waals surface area contributed by atoms with E-state index in [-0.39, 0.29) is 12.1 Å². The molecule has 2 aromatic rings. The van der Waals surface area contributed by atoms with Gasteiger partial charge in [-0.15, -0.1) is 0 Å². The van der Waals surface area contributed by atoms with E-state index < -0.39 is 0 Å². The summed E-state index contributed by atoms with van der Waals surface area (Å²) < 4.78 is 11.1. The highest BCUT2D eigenvalue weighted by atomic mass is 32.2. The molecule has 1 aromatic carbocycles. The summed E-state index contributed by atoms with van der Waals surface area (Å²) in [5.74, 6) is 2.75. The van der Waals surface area contributed by atoms with Crippen LogP contribution in [0.25, 0.3) is 0 Å². The fraction of sp³-hybridized carbons (Fsp3) is 0.368. The van der Waals surface area contributed by atoms with E-state index in [1.54, 1.807) is 0 Å². The summed E-state index contributed by atoms with van der Waals surface area (Å²) in [5.41, 5.74) is 2.22. The second-order valence-corrected chi connectivity index (χ2v) is 7.44. The van der Waals surface area contributed by atoms with Gasteiger partial charge in [-0.2, -0.15) is 0 Å². The number of nitrogens with zero attached hydrogens (tertiary/aromatic N) is 3. The topological polar surface area (TPSA) is 47.0 Å². The van der Waals surface area contributed by atoms with E-state index in [4.69, 9.17) is 14.5 Å². The minimum atomic E-state index is 0.0124. The number of rotatable bonds is 3. The second-order valence-electron chi connectivity index (χ2n) is 6.45. The van der Waals surface area contributed by atoms with Gasteiger partial charge in [0.2, 0.25) is 6.79 Å². The highest BCUT2D eigenvalue weighted by Gasteiger charge is 2.45. The van der Waals surface area contributed by atoms with Gasteiger partial charge in [-0.25, -0.2) is 0 Å². The van der Waals surface area contributed by atoms with Crippen molar-refractivity contribution in [3.05, 3.63) is 53.9 Å². The quantitative estimate of drug-likeness (QED) is 0.840. The Kier molecular flexibility index (Phi) is 3.59. The smallest absolute Gasteiger partial charge is 0.231 e. The molecule has 0 N–H and O–H groups in total. The maximum absolute atomic E-state index is 5.61. The molecule has 128 valence electrons. The molecule has 5 rings (SSSR count). The number of aromatic nitrogens is 1. The van der Waals surface area contributed by atoms with Gasteiger partial charge in [0.25, 0.3) is 0 Å². The summed E-state index contributed by atoms with van der Waals surface area (Å²) >= 11 is 1.86. The molecule has 3 aliphatic rings. The Labute approximate surface area is 151 Å². The molecule has 0 amide bonds. The Balaban J connectivity index is 1.60. The Morgan fingerprint density at radius 3 is 2.96 bits per heavy atom. The Hall–Kier alpha value is -2.21. The molecule has 3 aliphatic heterocycles. The Morgan fingerprint density at radius 2 is 2.12 bits per heavy atom. The fourth-order valence-electron chi connectivity index (χ4n) is 3.81. The zero-order chi connectivity index (χ0) is 16.8. The first kappa shape index (κ1) is 15.1. The molecule has 0 spiro atoms. The predicted molar refractivity (Wildman–Crippen MR) is 98.1 cm³/mol. The molecule has 6 heteroatoms. The zero-order valence-corrected chi connectivity index (χ0v) is 14.8. The van der Waals surface area contributed by atoms with Gasteiger partial charge in [0.15, 0.2) is 16.7 Å². The lowest BCUT2D eigenvalue weighted by atomic mass is 9.95. The summed E-state index contributed by atoms with van der Waals surface area (Å²) in [6, 6.07) is 13.0. The van der Waals surface area contributed by atoms with Crippen LogP contribution in [-0.2, 0) is 0 Å². The molecule has 3 atom stereocenters. The van der Waals surface area contributed by atoms with E-state index in [9.17, 15) is 0 Å². The molecule has 1 fully saturated rings. The predicted octanol–water partition coefficient (Wildman–Crippen LogP) is 3.79. The number of amidine groups is 1. The van der Waals surface area contributed by atoms with Crippen molar-refractivity contribution in [3.8, 4) is 11.5 Å². The van der Waals surface area contributed by atoms with E-state index in [1.807, 2.05) is 36.2 Å². The summed E-state index contributed by atoms with van der Waals surface area (Å²) in [4.78, 5) is 12.1. The molecule has 0 radical (unpaired) electrons. The lowest BCUT2D eigenvalue weighted by molar-refractivity contribution is 0.173. The van der Waals surface area contributed by atoms with Gasteiger partial charge in [0.1, 0.15) is 6.04 Å². The fourth-order valence-corrected chi connectivity index (χ4v) is 5.14. The Bertz CT molecular complexity index is 827. The third-order valence-corrected chi connectivity index (χ3v) is 6.19. The van der Waals surface area contributed by atoms with Gasteiger partial charge in [-0.3, -0.25) is 9.98 Å². The highest BCUT2D eigenvalue weighted by Crippen LogP contribution is 2.49. The normalized spacial score (nSPS) is 26.7. The van der Waals surface area contributed by atoms with Gasteiger partial charge in [0.05, 0.1) is 11.7 Å². The van der Waals surface area contributed by atoms with E-state index in [0.29, 0.717) is 12.8 Å². The number of hydrogen-bond acceptors (Lipinski definition) is 6. The van der Waals surface area contributed by atoms with Crippen molar-refractivity contribution < 1.29 is 9.47 Å². The lowest BCUT2D eigenvalue weighted by Gasteiger charge is -2.32. The Morgan fingerprint density at radius 1 is 1.20 bits per heavy atom. The third kappa shape index (κ3) is 2.39. The summed E-state index contributed by atoms with van der Waals surface area (Å²) in [5, 5.41) is 1.14. The second kappa shape index (κ2) is 5.95. The van der Waals surface area contributed by atoms with Crippen LogP contribution in [0.3, 0.4) is 0 Å². The molecule has 0 bridgehead atoms. The largest absolute Gasteiger partial charge is 0.454 e. The van der Waals surface area contributed by atoms with Crippen LogP contribution in [-0.4, -0.2) is 33.6 Å². The van der Waals surface area contributed by atoms with Crippen molar-refractivity contribution >= 4 is 16.9 Å². The van der Waals surface area contributed by atoms with E-state index in [0.717, 1.165) is 34.5 Å². The molecular formula is C19H19N3O2S. The molecule has 1 aromatic heterocycles. The van der Waals surface area contributed by atoms with Crippen molar-refractivity contribution in [1.82, 2.24) is 9.88 Å². The average Bonchev–Trinajstić information content (AvgIpc) is 3.36. The van der Waals surface area contributed by atoms with E-state index in [2.05, 4.69) is 35.0 Å². The SMILES string of the molecule is CC[C@H]1CSC2=N[C@H](c3ccccn3)[C@@H](c3ccc4c(c3)OCO4)N21. The van der Waals surface area contributed by atoms with Crippen molar-refractivity contribution in [2.45, 2.75) is 31.5 Å². The molecular weight excluding hydrogens is 334 g/mol. The standard InChI is InChI=1S/C19H19N3O2S/c1-2-13-10-25-19-21-17(14-5-3-4-8-20-14)18(22(13)19)12-6-7-15-16(9-12)24-11-23-15/h3-9,13,17-18H,2,10-11H2,1H3/t13-,17+,18+/m0/s1. The molecule has 0 aliphatic carbocycles. The number of hydrogen-bond donors (Lipinski definition) is 0. The van der Waals surface area contributed by atoms with E-state index in [1.165, 1.54) is 5.56 Å². The third-order valence-electron chi connectivity index (χ3n) is 5.07. The van der Waals surface area contributed by atoms with Gasteiger partial charge in [0, 0.05) is 18.0 Å². The maximum atomic E-state index is 5.61. The van der Waals surface area contributed by atoms with Crippen LogP contribution in [0.5, 0.6) is 11.5 Å². The summed E-state index contributed by atoms with van der Waals surface area (Å²) in [6.45, 7) is 2.55. The van der Waals surface area contributed by atoms with Crippen molar-refractivity contribution in [2.24, 2.45) is 4.99 Å². The monoisotopic (exact) mass is 353 g/mol. The molecule has 0 unspecified atom stereocenters. The van der Waals surface area contributed by atoms with Crippen LogP contribution >= 0.6 is 11.8 Å². The zero-order valence-electron chi connectivity index (χ0n) is 14.0. The number of benzene rings is 1. The van der Waals surface area contributed by atoms with Crippen LogP contribution in [0.1, 0.15) is 36.7 Å². The summed E-state index contributed by atoms with van der Waals surface area (Å²) in [6.07, 6.45) is 2.96. The van der Waals surface area contributed by atoms with Gasteiger partial charge in [-0.05, 0) is 36.2 Å². The highest BCUT2D eigenvalue weighted by molar-refractivity contribution is 8.14. The number of aliphatic imine (C=N–C) groups is 1. The number of fused-ring (bicyclic) bond motifs is 2. The minimum absolute atomic E-state index is 0.0124. The van der Waals surface area contributed by atoms with Gasteiger partial charge >= 0.3 is 0 Å². The molecule has 5 nitrogen and oxygen atoms in total. The van der Waals surface area contributed by atoms with Crippen LogP contribution < -0.4 is 9.47 Å². The van der Waals surface area contributed by atoms with Crippen molar-refractivity contribution in [1.29, 1.82) is 0 Å². The average molecular weight is 353 g/mol. The number of pyridine rings is 1. The first-order chi connectivity index (χ1) is 12.3. The number of ether oxygens (including phenoxy) is 2. The first-order valence-corrected chi connectivity index (χ1v) is 9.63. The van der Waals surface area contributed by atoms with Crippen LogP contribution in [0.4, 0.5) is 0 Å². The van der Waals surface area contributed by atoms with Crippen LogP contribution in [0.15, 0.2) is 47.6 Å². The van der Waals surface area contributed by atoms with Gasteiger partial charge < -0.3 is 14.4 Å². The van der Waals surface area contributed by atoms with Crippen molar-refractivity contribution in [3.63, 3.8) is 0 Å². The number of thioether (sulfide) groups is 1. The molecule has 25 heavy (non-hydrogen) atoms.